The quantitative estimate of drug-likeness (QED) is 0.764. The Morgan fingerprint density at radius 3 is 2.33 bits per heavy atom. The maximum Gasteiger partial charge on any atom is 0.282 e. The standard InChI is InChI=1S/C13H11NO3S/c1-10-9-11(15)7-8-13(10)14-18(16,17)12-5-3-2-4-6-12/h2-9H,1H3/b14-13-. The fourth-order valence-corrected chi connectivity index (χ4v) is 2.58. The Labute approximate surface area is 105 Å². The van der Waals surface area contributed by atoms with Crippen LogP contribution in [0.4, 0.5) is 0 Å². The van der Waals surface area contributed by atoms with E-state index in [1.165, 1.54) is 30.4 Å². The summed E-state index contributed by atoms with van der Waals surface area (Å²) in [4.78, 5) is 11.2. The Balaban J connectivity index is 2.43. The van der Waals surface area contributed by atoms with Gasteiger partial charge in [0.15, 0.2) is 5.78 Å². The van der Waals surface area contributed by atoms with Crippen LogP contribution in [0.5, 0.6) is 0 Å². The minimum absolute atomic E-state index is 0.135. The molecule has 1 aromatic rings. The molecule has 4 nitrogen and oxygen atoms in total. The van der Waals surface area contributed by atoms with Gasteiger partial charge in [0.1, 0.15) is 0 Å². The van der Waals surface area contributed by atoms with Crippen LogP contribution in [-0.4, -0.2) is 19.9 Å². The molecule has 0 spiro atoms. The van der Waals surface area contributed by atoms with Crippen molar-refractivity contribution in [3.8, 4) is 0 Å². The van der Waals surface area contributed by atoms with Gasteiger partial charge in [-0.25, -0.2) is 0 Å². The van der Waals surface area contributed by atoms with Crippen molar-refractivity contribution in [1.82, 2.24) is 0 Å². The van der Waals surface area contributed by atoms with Gasteiger partial charge >= 0.3 is 0 Å². The van der Waals surface area contributed by atoms with Crippen LogP contribution in [0.3, 0.4) is 0 Å². The van der Waals surface area contributed by atoms with Crippen molar-refractivity contribution in [2.24, 2.45) is 4.40 Å². The van der Waals surface area contributed by atoms with Crippen LogP contribution >= 0.6 is 0 Å². The van der Waals surface area contributed by atoms with Gasteiger partial charge in [-0.15, -0.1) is 0 Å². The molecule has 18 heavy (non-hydrogen) atoms. The maximum atomic E-state index is 12.0. The predicted molar refractivity (Wildman–Crippen MR) is 69.0 cm³/mol. The summed E-state index contributed by atoms with van der Waals surface area (Å²) in [5, 5.41) is 0. The van der Waals surface area contributed by atoms with Crippen LogP contribution in [0.25, 0.3) is 0 Å². The highest BCUT2D eigenvalue weighted by Crippen LogP contribution is 2.15. The monoisotopic (exact) mass is 261 g/mol. The normalized spacial score (nSPS) is 17.9. The molecule has 0 atom stereocenters. The molecular formula is C13H11NO3S. The predicted octanol–water partition coefficient (Wildman–Crippen LogP) is 1.90. The van der Waals surface area contributed by atoms with E-state index in [-0.39, 0.29) is 10.7 Å². The molecule has 1 aliphatic carbocycles. The summed E-state index contributed by atoms with van der Waals surface area (Å²) >= 11 is 0. The summed E-state index contributed by atoms with van der Waals surface area (Å²) in [5.41, 5.74) is 0.834. The van der Waals surface area contributed by atoms with Crippen LogP contribution in [0.2, 0.25) is 0 Å². The summed E-state index contributed by atoms with van der Waals surface area (Å²) in [5.74, 6) is -0.163. The van der Waals surface area contributed by atoms with E-state index in [9.17, 15) is 13.2 Å². The maximum absolute atomic E-state index is 12.0. The van der Waals surface area contributed by atoms with E-state index in [0.29, 0.717) is 11.3 Å². The van der Waals surface area contributed by atoms with Crippen molar-refractivity contribution in [3.05, 3.63) is 54.1 Å². The zero-order chi connectivity index (χ0) is 13.2. The fraction of sp³-hybridized carbons (Fsp3) is 0.0769. The van der Waals surface area contributed by atoms with E-state index in [4.69, 9.17) is 0 Å². The molecule has 0 heterocycles. The number of sulfonamides is 1. The summed E-state index contributed by atoms with van der Waals surface area (Å²) in [6, 6.07) is 7.97. The number of hydrogen-bond donors (Lipinski definition) is 0. The number of allylic oxidation sites excluding steroid dienone is 4. The van der Waals surface area contributed by atoms with Crippen LogP contribution in [-0.2, 0) is 14.8 Å². The van der Waals surface area contributed by atoms with Crippen LogP contribution < -0.4 is 0 Å². The SMILES string of the molecule is CC1=CC(=O)C=C/C1=N/S(=O)(=O)c1ccccc1. The Morgan fingerprint density at radius 1 is 1.06 bits per heavy atom. The number of rotatable bonds is 2. The third-order valence-electron chi connectivity index (χ3n) is 2.43. The van der Waals surface area contributed by atoms with E-state index < -0.39 is 10.0 Å². The Morgan fingerprint density at radius 2 is 1.72 bits per heavy atom. The van der Waals surface area contributed by atoms with Gasteiger partial charge in [-0.05, 0) is 42.9 Å². The van der Waals surface area contributed by atoms with Crippen LogP contribution in [0.15, 0.2) is 63.4 Å². The lowest BCUT2D eigenvalue weighted by atomic mass is 10.1. The molecule has 0 fully saturated rings. The molecule has 0 radical (unpaired) electrons. The highest BCUT2D eigenvalue weighted by atomic mass is 32.2. The van der Waals surface area contributed by atoms with E-state index >= 15 is 0 Å². The van der Waals surface area contributed by atoms with Crippen LogP contribution in [0.1, 0.15) is 6.92 Å². The largest absolute Gasteiger partial charge is 0.290 e. The first-order valence-electron chi connectivity index (χ1n) is 5.30. The molecule has 0 saturated heterocycles. The van der Waals surface area contributed by atoms with Gasteiger partial charge in [0.2, 0.25) is 0 Å². The van der Waals surface area contributed by atoms with Crippen LogP contribution in [0, 0.1) is 0 Å². The Kier molecular flexibility index (Phi) is 3.25. The lowest BCUT2D eigenvalue weighted by molar-refractivity contribution is -0.110. The molecule has 2 rings (SSSR count). The molecule has 0 aliphatic heterocycles. The highest BCUT2D eigenvalue weighted by molar-refractivity contribution is 7.90. The minimum Gasteiger partial charge on any atom is -0.290 e. The van der Waals surface area contributed by atoms with E-state index in [2.05, 4.69) is 4.40 Å². The van der Waals surface area contributed by atoms with Gasteiger partial charge in [0, 0.05) is 0 Å². The fourth-order valence-electron chi connectivity index (χ4n) is 1.51. The average Bonchev–Trinajstić information content (AvgIpc) is 2.34. The molecule has 0 unspecified atom stereocenters. The first-order chi connectivity index (χ1) is 8.49. The number of ketones is 1. The van der Waals surface area contributed by atoms with Crippen molar-refractivity contribution in [2.75, 3.05) is 0 Å². The van der Waals surface area contributed by atoms with Crippen molar-refractivity contribution in [3.63, 3.8) is 0 Å². The molecule has 0 saturated carbocycles. The van der Waals surface area contributed by atoms with Gasteiger partial charge < -0.3 is 0 Å². The Hall–Kier alpha value is -2.01. The number of carbonyl (C=O) groups excluding carboxylic acids is 1. The lowest BCUT2D eigenvalue weighted by Crippen LogP contribution is -2.09. The van der Waals surface area contributed by atoms with E-state index in [1.807, 2.05) is 0 Å². The highest BCUT2D eigenvalue weighted by Gasteiger charge is 2.15. The molecule has 0 N–H and O–H groups in total. The number of nitrogens with zero attached hydrogens (tertiary/aromatic N) is 1. The second kappa shape index (κ2) is 4.70. The molecule has 5 heteroatoms. The molecule has 92 valence electrons. The number of hydrogen-bond acceptors (Lipinski definition) is 3. The topological polar surface area (TPSA) is 63.6 Å². The minimum atomic E-state index is -3.73. The second-order valence-electron chi connectivity index (χ2n) is 3.83. The van der Waals surface area contributed by atoms with Crippen molar-refractivity contribution in [1.29, 1.82) is 0 Å². The molecule has 1 aliphatic rings. The first kappa shape index (κ1) is 12.4. The molecular weight excluding hydrogens is 250 g/mol. The summed E-state index contributed by atoms with van der Waals surface area (Å²) < 4.78 is 27.7. The van der Waals surface area contributed by atoms with Gasteiger partial charge in [-0.3, -0.25) is 4.79 Å². The van der Waals surface area contributed by atoms with E-state index in [0.717, 1.165) is 0 Å². The summed E-state index contributed by atoms with van der Waals surface area (Å²) in [6.45, 7) is 1.65. The first-order valence-corrected chi connectivity index (χ1v) is 6.74. The van der Waals surface area contributed by atoms with Crippen molar-refractivity contribution >= 4 is 21.5 Å². The van der Waals surface area contributed by atoms with Crippen molar-refractivity contribution in [2.45, 2.75) is 11.8 Å². The molecule has 1 aromatic carbocycles. The second-order valence-corrected chi connectivity index (χ2v) is 5.43. The summed E-state index contributed by atoms with van der Waals surface area (Å²) in [6.07, 6.45) is 4.07. The lowest BCUT2D eigenvalue weighted by Gasteiger charge is -2.06. The number of carbonyl (C=O) groups is 1. The van der Waals surface area contributed by atoms with Gasteiger partial charge in [0.05, 0.1) is 10.6 Å². The van der Waals surface area contributed by atoms with E-state index in [1.54, 1.807) is 25.1 Å². The van der Waals surface area contributed by atoms with Crippen molar-refractivity contribution < 1.29 is 13.2 Å². The number of benzene rings is 1. The van der Waals surface area contributed by atoms with Gasteiger partial charge in [-0.1, -0.05) is 18.2 Å². The molecule has 0 bridgehead atoms. The average molecular weight is 261 g/mol. The third-order valence-corrected chi connectivity index (χ3v) is 3.73. The zero-order valence-electron chi connectivity index (χ0n) is 9.70. The Bertz CT molecular complexity index is 667. The van der Waals surface area contributed by atoms with Gasteiger partial charge in [0.25, 0.3) is 10.0 Å². The van der Waals surface area contributed by atoms with Gasteiger partial charge in [-0.2, -0.15) is 12.8 Å². The third kappa shape index (κ3) is 2.62. The molecule has 0 aromatic heterocycles. The molecule has 0 amide bonds. The summed E-state index contributed by atoms with van der Waals surface area (Å²) in [7, 11) is -3.73. The smallest absolute Gasteiger partial charge is 0.282 e. The zero-order valence-corrected chi connectivity index (χ0v) is 10.5.